The molecule has 0 N–H and O–H groups in total. The lowest BCUT2D eigenvalue weighted by Gasteiger charge is -2.30. The van der Waals surface area contributed by atoms with Crippen molar-refractivity contribution in [2.45, 2.75) is 38.5 Å². The van der Waals surface area contributed by atoms with Gasteiger partial charge in [-0.15, -0.1) is 0 Å². The number of nitrogens with zero attached hydrogens (tertiary/aromatic N) is 1. The Morgan fingerprint density at radius 1 is 0.295 bits per heavy atom. The molecule has 2 aliphatic carbocycles. The molecule has 0 aromatic heterocycles. The third kappa shape index (κ3) is 5.26. The van der Waals surface area contributed by atoms with Gasteiger partial charge in [-0.05, 0) is 142 Å². The van der Waals surface area contributed by atoms with E-state index in [0.29, 0.717) is 0 Å². The smallest absolute Gasteiger partial charge is 0.0465 e. The van der Waals surface area contributed by atoms with Crippen molar-refractivity contribution in [1.82, 2.24) is 0 Å². The first-order valence-corrected chi connectivity index (χ1v) is 21.6. The van der Waals surface area contributed by atoms with Crippen LogP contribution in [0.25, 0.3) is 76.8 Å². The van der Waals surface area contributed by atoms with Gasteiger partial charge in [0, 0.05) is 27.9 Å². The van der Waals surface area contributed by atoms with Gasteiger partial charge in [0.2, 0.25) is 0 Å². The standard InChI is InChI=1S/C60H45N/c1-59(2)53-23-13-11-17-45(53)47-33-31-43(36-55(47)59)61(44-32-34-48-46-18-12-14-24-54(46)60(3,4)56(48)37-44)42-29-27-39(28-30-42)57-49-19-7-9-21-51(49)58(52-22-10-8-20-50(52)57)41-26-25-38-15-5-6-16-40(38)35-41/h5-37H,1-4H3. The van der Waals surface area contributed by atoms with Crippen LogP contribution in [0.4, 0.5) is 17.1 Å². The van der Waals surface area contributed by atoms with Gasteiger partial charge < -0.3 is 4.90 Å². The van der Waals surface area contributed by atoms with Crippen molar-refractivity contribution >= 4 is 49.4 Å². The number of fused-ring (bicyclic) bond motifs is 9. The summed E-state index contributed by atoms with van der Waals surface area (Å²) in [4.78, 5) is 2.47. The Balaban J connectivity index is 1.03. The summed E-state index contributed by atoms with van der Waals surface area (Å²) in [5, 5.41) is 7.56. The summed E-state index contributed by atoms with van der Waals surface area (Å²) in [5.74, 6) is 0. The number of benzene rings is 10. The van der Waals surface area contributed by atoms with E-state index in [1.165, 1.54) is 99.1 Å². The second kappa shape index (κ2) is 13.1. The van der Waals surface area contributed by atoms with E-state index in [-0.39, 0.29) is 10.8 Å². The predicted molar refractivity (Wildman–Crippen MR) is 260 cm³/mol. The summed E-state index contributed by atoms with van der Waals surface area (Å²) in [6, 6.07) is 74.9. The maximum absolute atomic E-state index is 2.47. The van der Waals surface area contributed by atoms with Gasteiger partial charge in [-0.2, -0.15) is 0 Å². The highest BCUT2D eigenvalue weighted by molar-refractivity contribution is 6.21. The van der Waals surface area contributed by atoms with Crippen LogP contribution < -0.4 is 4.90 Å². The Hall–Kier alpha value is -7.22. The quantitative estimate of drug-likeness (QED) is 0.157. The zero-order valence-electron chi connectivity index (χ0n) is 35.0. The van der Waals surface area contributed by atoms with Crippen LogP contribution in [0.15, 0.2) is 200 Å². The molecule has 290 valence electrons. The molecule has 0 aliphatic heterocycles. The van der Waals surface area contributed by atoms with Crippen molar-refractivity contribution in [3.05, 3.63) is 222 Å². The molecule has 2 aliphatic rings. The van der Waals surface area contributed by atoms with Crippen molar-refractivity contribution in [3.8, 4) is 44.5 Å². The molecule has 0 amide bonds. The van der Waals surface area contributed by atoms with Crippen molar-refractivity contribution in [2.75, 3.05) is 4.90 Å². The predicted octanol–water partition coefficient (Wildman–Crippen LogP) is 16.6. The second-order valence-electron chi connectivity index (χ2n) is 18.1. The lowest BCUT2D eigenvalue weighted by Crippen LogP contribution is -2.18. The molecular formula is C60H45N. The van der Waals surface area contributed by atoms with Crippen molar-refractivity contribution in [1.29, 1.82) is 0 Å². The molecule has 0 unspecified atom stereocenters. The maximum Gasteiger partial charge on any atom is 0.0465 e. The minimum absolute atomic E-state index is 0.111. The molecular weight excluding hydrogens is 735 g/mol. The van der Waals surface area contributed by atoms with Gasteiger partial charge in [0.15, 0.2) is 0 Å². The first-order chi connectivity index (χ1) is 29.8. The maximum atomic E-state index is 2.47. The van der Waals surface area contributed by atoms with Crippen molar-refractivity contribution in [3.63, 3.8) is 0 Å². The van der Waals surface area contributed by atoms with Gasteiger partial charge in [-0.3, -0.25) is 0 Å². The van der Waals surface area contributed by atoms with Gasteiger partial charge in [0.25, 0.3) is 0 Å². The third-order valence-corrected chi connectivity index (χ3v) is 14.0. The van der Waals surface area contributed by atoms with Crippen LogP contribution in [0.3, 0.4) is 0 Å². The van der Waals surface area contributed by atoms with Gasteiger partial charge in [0.1, 0.15) is 0 Å². The van der Waals surface area contributed by atoms with E-state index in [0.717, 1.165) is 17.1 Å². The fraction of sp³-hybridized carbons (Fsp3) is 0.100. The molecule has 1 nitrogen and oxygen atoms in total. The Morgan fingerprint density at radius 2 is 0.689 bits per heavy atom. The summed E-state index contributed by atoms with van der Waals surface area (Å²) in [7, 11) is 0. The first-order valence-electron chi connectivity index (χ1n) is 21.6. The van der Waals surface area contributed by atoms with Crippen LogP contribution in [0.2, 0.25) is 0 Å². The van der Waals surface area contributed by atoms with Crippen LogP contribution >= 0.6 is 0 Å². The van der Waals surface area contributed by atoms with E-state index in [4.69, 9.17) is 0 Å². The van der Waals surface area contributed by atoms with Crippen molar-refractivity contribution < 1.29 is 0 Å². The summed E-state index contributed by atoms with van der Waals surface area (Å²) < 4.78 is 0. The monoisotopic (exact) mass is 779 g/mol. The highest BCUT2D eigenvalue weighted by Gasteiger charge is 2.37. The summed E-state index contributed by atoms with van der Waals surface area (Å²) in [6.07, 6.45) is 0. The van der Waals surface area contributed by atoms with E-state index >= 15 is 0 Å². The lowest BCUT2D eigenvalue weighted by molar-refractivity contribution is 0.660. The first kappa shape index (κ1) is 35.7. The molecule has 0 bridgehead atoms. The normalized spacial score (nSPS) is 14.2. The second-order valence-corrected chi connectivity index (χ2v) is 18.1. The summed E-state index contributed by atoms with van der Waals surface area (Å²) >= 11 is 0. The Kier molecular flexibility index (Phi) is 7.69. The fourth-order valence-corrected chi connectivity index (χ4v) is 11.0. The third-order valence-electron chi connectivity index (χ3n) is 14.0. The van der Waals surface area contributed by atoms with Crippen LogP contribution in [-0.4, -0.2) is 0 Å². The van der Waals surface area contributed by atoms with Gasteiger partial charge in [-0.1, -0.05) is 185 Å². The molecule has 0 saturated heterocycles. The van der Waals surface area contributed by atoms with E-state index in [1.54, 1.807) is 0 Å². The molecule has 61 heavy (non-hydrogen) atoms. The zero-order chi connectivity index (χ0) is 41.0. The largest absolute Gasteiger partial charge is 0.310 e. The number of anilines is 3. The molecule has 0 radical (unpaired) electrons. The fourth-order valence-electron chi connectivity index (χ4n) is 11.0. The van der Waals surface area contributed by atoms with E-state index < -0.39 is 0 Å². The molecule has 0 atom stereocenters. The van der Waals surface area contributed by atoms with Gasteiger partial charge >= 0.3 is 0 Å². The molecule has 1 heteroatoms. The number of hydrogen-bond donors (Lipinski definition) is 0. The molecule has 10 aromatic rings. The zero-order valence-corrected chi connectivity index (χ0v) is 35.0. The summed E-state index contributed by atoms with van der Waals surface area (Å²) in [6.45, 7) is 9.48. The van der Waals surface area contributed by atoms with E-state index in [9.17, 15) is 0 Å². The van der Waals surface area contributed by atoms with E-state index in [1.807, 2.05) is 0 Å². The molecule has 0 heterocycles. The highest BCUT2D eigenvalue weighted by Crippen LogP contribution is 2.53. The Bertz CT molecular complexity index is 3250. The number of hydrogen-bond acceptors (Lipinski definition) is 1. The lowest BCUT2D eigenvalue weighted by atomic mass is 9.82. The molecule has 12 rings (SSSR count). The summed E-state index contributed by atoms with van der Waals surface area (Å²) in [5.41, 5.74) is 19.1. The van der Waals surface area contributed by atoms with Crippen LogP contribution in [0.1, 0.15) is 49.9 Å². The Morgan fingerprint density at radius 3 is 1.21 bits per heavy atom. The molecule has 0 fully saturated rings. The number of rotatable bonds is 5. The van der Waals surface area contributed by atoms with Gasteiger partial charge in [0.05, 0.1) is 0 Å². The SMILES string of the molecule is CC1(C)c2ccccc2-c2ccc(N(c3ccc(-c4c5ccccc5c(-c5ccc6ccccc6c5)c5ccccc45)cc3)c3ccc4c(c3)C(C)(C)c3ccccc3-4)cc21. The average molecular weight is 780 g/mol. The molecule has 0 spiro atoms. The minimum atomic E-state index is -0.111. The van der Waals surface area contributed by atoms with Crippen molar-refractivity contribution in [2.24, 2.45) is 0 Å². The van der Waals surface area contributed by atoms with Crippen LogP contribution in [-0.2, 0) is 10.8 Å². The molecule has 0 saturated carbocycles. The minimum Gasteiger partial charge on any atom is -0.310 e. The average Bonchev–Trinajstić information content (AvgIpc) is 3.67. The van der Waals surface area contributed by atoms with E-state index in [2.05, 4.69) is 233 Å². The van der Waals surface area contributed by atoms with Gasteiger partial charge in [-0.25, -0.2) is 0 Å². The van der Waals surface area contributed by atoms with Crippen LogP contribution in [0.5, 0.6) is 0 Å². The molecule has 10 aromatic carbocycles. The topological polar surface area (TPSA) is 3.24 Å². The Labute approximate surface area is 358 Å². The highest BCUT2D eigenvalue weighted by atomic mass is 15.1. The van der Waals surface area contributed by atoms with Crippen LogP contribution in [0, 0.1) is 0 Å².